The Bertz CT molecular complexity index is 1900. The molecule has 1 saturated carbocycles. The lowest BCUT2D eigenvalue weighted by molar-refractivity contribution is 0.451. The molecule has 218 valence electrons. The van der Waals surface area contributed by atoms with Crippen molar-refractivity contribution in [2.24, 2.45) is 11.8 Å². The number of para-hydroxylation sites is 3. The highest BCUT2D eigenvalue weighted by atomic mass is 32.2. The Morgan fingerprint density at radius 3 is 2.33 bits per heavy atom. The highest BCUT2D eigenvalue weighted by Gasteiger charge is 2.34. The minimum Gasteiger partial charge on any atom is -0.335 e. The van der Waals surface area contributed by atoms with Crippen molar-refractivity contribution in [2.75, 3.05) is 11.4 Å². The van der Waals surface area contributed by atoms with Crippen molar-refractivity contribution < 1.29 is 0 Å². The first-order valence-electron chi connectivity index (χ1n) is 15.4. The van der Waals surface area contributed by atoms with Crippen LogP contribution in [0, 0.1) is 16.6 Å². The van der Waals surface area contributed by atoms with Crippen molar-refractivity contribution >= 4 is 68.2 Å². The highest BCUT2D eigenvalue weighted by Crippen LogP contribution is 2.49. The summed E-state index contributed by atoms with van der Waals surface area (Å²) in [7, 11) is 0. The molecule has 2 N–H and O–H groups in total. The van der Waals surface area contributed by atoms with Crippen LogP contribution in [0.5, 0.6) is 0 Å². The van der Waals surface area contributed by atoms with Crippen LogP contribution in [0.25, 0.3) is 27.2 Å². The topological polar surface area (TPSA) is 34.8 Å². The molecule has 0 saturated heterocycles. The standard InChI is InChI=1S/C30H31NS2.C7H6N2S/c1-3-24-25-9-5-7-11-27(25)32-29(24)18-20-15-21(17-23(16-20)22-13-14-22)19-30-31(4-2)26-10-6-8-12-28(26)33-30;10-7-8-5-3-1-2-4-6(5)9-7/h5-12,15,18-19,22-23H,3-4,13-14,16-17H2,1-2H3;1-4H,(H2,8,9,10)/b20-18-,30-19-;. The molecule has 1 unspecified atom stereocenters. The zero-order valence-corrected chi connectivity index (χ0v) is 27.2. The van der Waals surface area contributed by atoms with E-state index in [1.165, 1.54) is 73.0 Å². The normalized spacial score (nSPS) is 20.0. The number of fused-ring (bicyclic) bond motifs is 3. The third-order valence-electron chi connectivity index (χ3n) is 8.74. The van der Waals surface area contributed by atoms with Gasteiger partial charge in [-0.05, 0) is 128 Å². The van der Waals surface area contributed by atoms with Gasteiger partial charge in [-0.2, -0.15) is 0 Å². The van der Waals surface area contributed by atoms with Crippen molar-refractivity contribution in [3.63, 3.8) is 0 Å². The molecular weight excluding hydrogens is 583 g/mol. The molecule has 0 bridgehead atoms. The molecule has 2 aliphatic carbocycles. The lowest BCUT2D eigenvalue weighted by atomic mass is 9.82. The number of thiophene rings is 1. The number of nitrogens with one attached hydrogen (secondary N) is 2. The molecule has 3 aromatic carbocycles. The van der Waals surface area contributed by atoms with Crippen LogP contribution in [0.1, 0.15) is 50.0 Å². The minimum absolute atomic E-state index is 0.682. The lowest BCUT2D eigenvalue weighted by Crippen LogP contribution is -2.17. The van der Waals surface area contributed by atoms with Crippen LogP contribution in [-0.4, -0.2) is 16.5 Å². The van der Waals surface area contributed by atoms with E-state index < -0.39 is 0 Å². The number of imidazole rings is 1. The largest absolute Gasteiger partial charge is 0.335 e. The first-order valence-corrected chi connectivity index (χ1v) is 17.5. The van der Waals surface area contributed by atoms with Crippen LogP contribution in [0.4, 0.5) is 5.69 Å². The molecule has 6 heteroatoms. The highest BCUT2D eigenvalue weighted by molar-refractivity contribution is 8.03. The third kappa shape index (κ3) is 6.06. The molecular formula is C37H37N3S3. The predicted molar refractivity (Wildman–Crippen MR) is 190 cm³/mol. The molecule has 8 rings (SSSR count). The van der Waals surface area contributed by atoms with Crippen LogP contribution >= 0.6 is 35.3 Å². The number of anilines is 1. The summed E-state index contributed by atoms with van der Waals surface area (Å²) >= 11 is 8.80. The quantitative estimate of drug-likeness (QED) is 0.192. The molecule has 0 amide bonds. The fourth-order valence-electron chi connectivity index (χ4n) is 6.53. The molecule has 3 nitrogen and oxygen atoms in total. The van der Waals surface area contributed by atoms with Crippen LogP contribution in [0.15, 0.2) is 106 Å². The van der Waals surface area contributed by atoms with Gasteiger partial charge in [0.25, 0.3) is 0 Å². The fourth-order valence-corrected chi connectivity index (χ4v) is 9.22. The summed E-state index contributed by atoms with van der Waals surface area (Å²) in [6, 6.07) is 25.7. The van der Waals surface area contributed by atoms with E-state index in [1.54, 1.807) is 0 Å². The van der Waals surface area contributed by atoms with E-state index in [4.69, 9.17) is 12.2 Å². The maximum atomic E-state index is 4.90. The van der Waals surface area contributed by atoms with Crippen molar-refractivity contribution in [1.29, 1.82) is 0 Å². The summed E-state index contributed by atoms with van der Waals surface area (Å²) in [6.07, 6.45) is 13.9. The smallest absolute Gasteiger partial charge is 0.175 e. The minimum atomic E-state index is 0.682. The maximum absolute atomic E-state index is 4.90. The molecule has 5 aromatic rings. The van der Waals surface area contributed by atoms with E-state index in [9.17, 15) is 0 Å². The zero-order chi connectivity index (χ0) is 29.3. The Morgan fingerprint density at radius 1 is 0.860 bits per heavy atom. The summed E-state index contributed by atoms with van der Waals surface area (Å²) < 4.78 is 2.10. The number of benzene rings is 3. The zero-order valence-electron chi connectivity index (χ0n) is 24.7. The maximum Gasteiger partial charge on any atom is 0.175 e. The van der Waals surface area contributed by atoms with Gasteiger partial charge in [0.05, 0.1) is 21.7 Å². The molecule has 1 fully saturated rings. The first-order chi connectivity index (χ1) is 21.1. The first kappa shape index (κ1) is 28.5. The molecule has 3 aliphatic rings. The molecule has 43 heavy (non-hydrogen) atoms. The number of aromatic nitrogens is 2. The average Bonchev–Trinajstić information content (AvgIpc) is 3.59. The molecule has 1 aliphatic heterocycles. The van der Waals surface area contributed by atoms with Crippen LogP contribution in [0.3, 0.4) is 0 Å². The van der Waals surface area contributed by atoms with Crippen molar-refractivity contribution in [3.05, 3.63) is 116 Å². The number of aryl methyl sites for hydroxylation is 1. The summed E-state index contributed by atoms with van der Waals surface area (Å²) in [4.78, 5) is 11.4. The molecule has 0 spiro atoms. The monoisotopic (exact) mass is 619 g/mol. The van der Waals surface area contributed by atoms with Gasteiger partial charge in [0.15, 0.2) is 4.77 Å². The number of hydrogen-bond acceptors (Lipinski definition) is 4. The number of thioether (sulfide) groups is 1. The van der Waals surface area contributed by atoms with E-state index in [0.717, 1.165) is 35.8 Å². The van der Waals surface area contributed by atoms with Gasteiger partial charge >= 0.3 is 0 Å². The van der Waals surface area contributed by atoms with Gasteiger partial charge in [-0.25, -0.2) is 0 Å². The summed E-state index contributed by atoms with van der Waals surface area (Å²) in [5, 5.41) is 2.83. The number of nitrogens with zero attached hydrogens (tertiary/aromatic N) is 1. The number of rotatable bonds is 5. The Kier molecular flexibility index (Phi) is 8.17. The molecule has 3 heterocycles. The van der Waals surface area contributed by atoms with Crippen molar-refractivity contribution in [1.82, 2.24) is 9.97 Å². The Labute approximate surface area is 267 Å². The number of hydrogen-bond donors (Lipinski definition) is 2. The SMILES string of the molecule is CCc1c(/C=C2C=C(/C=C3\Sc4ccccc4N3CC)CC(C3CC3)C/2)sc2ccccc12.S=c1[nH]c2ccccc2[nH]1. The van der Waals surface area contributed by atoms with E-state index in [0.29, 0.717) is 4.77 Å². The second kappa shape index (κ2) is 12.4. The van der Waals surface area contributed by atoms with Gasteiger partial charge in [-0.3, -0.25) is 0 Å². The molecule has 1 atom stereocenters. The van der Waals surface area contributed by atoms with Gasteiger partial charge in [0, 0.05) is 21.0 Å². The summed E-state index contributed by atoms with van der Waals surface area (Å²) in [5.41, 5.74) is 8.04. The summed E-state index contributed by atoms with van der Waals surface area (Å²) in [5.74, 6) is 1.73. The second-order valence-electron chi connectivity index (χ2n) is 11.7. The van der Waals surface area contributed by atoms with E-state index in [2.05, 4.69) is 95.5 Å². The van der Waals surface area contributed by atoms with Crippen molar-refractivity contribution in [2.45, 2.75) is 50.8 Å². The van der Waals surface area contributed by atoms with Crippen LogP contribution < -0.4 is 4.90 Å². The van der Waals surface area contributed by atoms with E-state index >= 15 is 0 Å². The Hall–Kier alpha value is -3.32. The average molecular weight is 620 g/mol. The molecule has 0 radical (unpaired) electrons. The molecule has 2 aromatic heterocycles. The third-order valence-corrected chi connectivity index (χ3v) is 11.2. The Morgan fingerprint density at radius 2 is 1.58 bits per heavy atom. The van der Waals surface area contributed by atoms with Crippen molar-refractivity contribution in [3.8, 4) is 0 Å². The summed E-state index contributed by atoms with van der Waals surface area (Å²) in [6.45, 7) is 5.57. The van der Waals surface area contributed by atoms with Gasteiger partial charge in [0.2, 0.25) is 0 Å². The van der Waals surface area contributed by atoms with E-state index in [1.807, 2.05) is 47.4 Å². The van der Waals surface area contributed by atoms with Gasteiger partial charge in [-0.1, -0.05) is 67.2 Å². The lowest BCUT2D eigenvalue weighted by Gasteiger charge is -2.25. The fraction of sp³-hybridized carbons (Fsp3) is 0.270. The number of aromatic amines is 2. The second-order valence-corrected chi connectivity index (χ2v) is 14.2. The van der Waals surface area contributed by atoms with Gasteiger partial charge in [-0.15, -0.1) is 11.3 Å². The van der Waals surface area contributed by atoms with Gasteiger partial charge < -0.3 is 14.9 Å². The number of allylic oxidation sites excluding steroid dienone is 4. The van der Waals surface area contributed by atoms with Crippen LogP contribution in [-0.2, 0) is 6.42 Å². The Balaban J connectivity index is 0.000000253. The predicted octanol–water partition coefficient (Wildman–Crippen LogP) is 11.3. The van der Waals surface area contributed by atoms with Gasteiger partial charge in [0.1, 0.15) is 0 Å². The number of H-pyrrole nitrogens is 2. The van der Waals surface area contributed by atoms with Crippen LogP contribution in [0.2, 0.25) is 0 Å². The van der Waals surface area contributed by atoms with E-state index in [-0.39, 0.29) is 0 Å².